The predicted octanol–water partition coefficient (Wildman–Crippen LogP) is 1.78. The van der Waals surface area contributed by atoms with Gasteiger partial charge < -0.3 is 4.98 Å². The van der Waals surface area contributed by atoms with E-state index in [9.17, 15) is 9.59 Å². The number of rotatable bonds is 1. The van der Waals surface area contributed by atoms with Crippen molar-refractivity contribution in [3.05, 3.63) is 39.4 Å². The van der Waals surface area contributed by atoms with Gasteiger partial charge in [0.1, 0.15) is 0 Å². The van der Waals surface area contributed by atoms with Gasteiger partial charge in [0.2, 0.25) is 0 Å². The lowest BCUT2D eigenvalue weighted by Gasteiger charge is -2.00. The van der Waals surface area contributed by atoms with Gasteiger partial charge in [0, 0.05) is 6.92 Å². The Kier molecular flexibility index (Phi) is 2.28. The number of ketones is 1. The summed E-state index contributed by atoms with van der Waals surface area (Å²) in [5.41, 5.74) is 0.000756. The van der Waals surface area contributed by atoms with Gasteiger partial charge in [0.05, 0.1) is 15.9 Å². The first-order valence-electron chi connectivity index (χ1n) is 4.29. The maximum Gasteiger partial charge on any atom is 0.259 e. The quantitative estimate of drug-likeness (QED) is 0.748. The first-order valence-corrected chi connectivity index (χ1v) is 4.67. The third-order valence-corrected chi connectivity index (χ3v) is 2.33. The average molecular weight is 223 g/mol. The highest BCUT2D eigenvalue weighted by Gasteiger charge is 2.08. The van der Waals surface area contributed by atoms with Gasteiger partial charge in [-0.3, -0.25) is 9.59 Å². The van der Waals surface area contributed by atoms with E-state index in [4.69, 9.17) is 11.6 Å². The van der Waals surface area contributed by atoms with Crippen LogP contribution in [0.15, 0.2) is 23.0 Å². The highest BCUT2D eigenvalue weighted by Crippen LogP contribution is 2.18. The summed E-state index contributed by atoms with van der Waals surface area (Å²) in [7, 11) is 0. The van der Waals surface area contributed by atoms with Crippen molar-refractivity contribution in [1.29, 1.82) is 0 Å². The fraction of sp³-hybridized carbons (Fsp3) is 0.100. The van der Waals surface area contributed by atoms with Crippen molar-refractivity contribution < 1.29 is 4.79 Å². The number of aromatic nitrogens is 2. The number of nitrogens with zero attached hydrogens (tertiary/aromatic N) is 1. The number of H-pyrrole nitrogens is 1. The normalized spacial score (nSPS) is 10.5. The molecular formula is C10H7ClN2O2. The minimum Gasteiger partial charge on any atom is -0.303 e. The standard InChI is InChI=1S/C10H7ClN2O2/c1-5(14)9-12-8-6(10(15)13-9)3-2-4-7(8)11/h2-4H,1H3,(H,12,13,15). The lowest BCUT2D eigenvalue weighted by Crippen LogP contribution is -2.14. The van der Waals surface area contributed by atoms with Crippen molar-refractivity contribution in [3.8, 4) is 0 Å². The number of nitrogens with one attached hydrogen (secondary N) is 1. The van der Waals surface area contributed by atoms with Gasteiger partial charge in [-0.25, -0.2) is 4.98 Å². The summed E-state index contributed by atoms with van der Waals surface area (Å²) in [6.07, 6.45) is 0. The fourth-order valence-electron chi connectivity index (χ4n) is 1.29. The Morgan fingerprint density at radius 1 is 1.47 bits per heavy atom. The zero-order valence-corrected chi connectivity index (χ0v) is 8.63. The Morgan fingerprint density at radius 3 is 2.87 bits per heavy atom. The lowest BCUT2D eigenvalue weighted by molar-refractivity contribution is 0.100. The molecule has 1 aromatic carbocycles. The summed E-state index contributed by atoms with van der Waals surface area (Å²) in [4.78, 5) is 29.0. The zero-order valence-electron chi connectivity index (χ0n) is 7.87. The molecule has 0 aliphatic carbocycles. The second-order valence-corrected chi connectivity index (χ2v) is 3.51. The molecule has 0 aliphatic rings. The molecule has 0 aliphatic heterocycles. The molecular weight excluding hydrogens is 216 g/mol. The molecule has 0 bridgehead atoms. The SMILES string of the molecule is CC(=O)c1nc2c(Cl)cccc2c(=O)[nH]1. The van der Waals surface area contributed by atoms with Crippen LogP contribution < -0.4 is 5.56 Å². The van der Waals surface area contributed by atoms with Crippen LogP contribution in [0.1, 0.15) is 17.5 Å². The van der Waals surface area contributed by atoms with E-state index in [1.807, 2.05) is 0 Å². The zero-order chi connectivity index (χ0) is 11.0. The topological polar surface area (TPSA) is 62.8 Å². The molecule has 0 atom stereocenters. The van der Waals surface area contributed by atoms with E-state index >= 15 is 0 Å². The predicted molar refractivity (Wildman–Crippen MR) is 57.4 cm³/mol. The molecule has 1 aromatic heterocycles. The minimum atomic E-state index is -0.354. The molecule has 0 saturated carbocycles. The number of benzene rings is 1. The smallest absolute Gasteiger partial charge is 0.259 e. The second kappa shape index (κ2) is 3.47. The van der Waals surface area contributed by atoms with E-state index in [1.54, 1.807) is 18.2 Å². The number of fused-ring (bicyclic) bond motifs is 1. The van der Waals surface area contributed by atoms with Gasteiger partial charge in [0.25, 0.3) is 5.56 Å². The fourth-order valence-corrected chi connectivity index (χ4v) is 1.51. The van der Waals surface area contributed by atoms with Crippen molar-refractivity contribution >= 4 is 28.3 Å². The first kappa shape index (κ1) is 9.86. The molecule has 0 spiro atoms. The number of hydrogen-bond donors (Lipinski definition) is 1. The van der Waals surface area contributed by atoms with E-state index in [-0.39, 0.29) is 17.2 Å². The molecule has 0 amide bonds. The average Bonchev–Trinajstić information content (AvgIpc) is 2.19. The largest absolute Gasteiger partial charge is 0.303 e. The van der Waals surface area contributed by atoms with Crippen LogP contribution in [0.25, 0.3) is 10.9 Å². The van der Waals surface area contributed by atoms with Crippen LogP contribution in [-0.4, -0.2) is 15.8 Å². The number of para-hydroxylation sites is 1. The van der Waals surface area contributed by atoms with Gasteiger partial charge in [-0.1, -0.05) is 17.7 Å². The van der Waals surface area contributed by atoms with E-state index in [2.05, 4.69) is 9.97 Å². The van der Waals surface area contributed by atoms with Gasteiger partial charge in [-0.2, -0.15) is 0 Å². The van der Waals surface area contributed by atoms with Crippen LogP contribution in [-0.2, 0) is 0 Å². The molecule has 2 aromatic rings. The molecule has 1 N–H and O–H groups in total. The van der Waals surface area contributed by atoms with E-state index in [0.717, 1.165) is 0 Å². The Bertz CT molecular complexity index is 604. The number of aromatic amines is 1. The maximum absolute atomic E-state index is 11.5. The van der Waals surface area contributed by atoms with E-state index in [0.29, 0.717) is 15.9 Å². The number of hydrogen-bond acceptors (Lipinski definition) is 3. The van der Waals surface area contributed by atoms with Crippen LogP contribution in [0.4, 0.5) is 0 Å². The Labute approximate surface area is 89.9 Å². The van der Waals surface area contributed by atoms with Crippen LogP contribution in [0.3, 0.4) is 0 Å². The van der Waals surface area contributed by atoms with Crippen molar-refractivity contribution in [2.24, 2.45) is 0 Å². The molecule has 76 valence electrons. The molecule has 0 radical (unpaired) electrons. The Morgan fingerprint density at radius 2 is 2.20 bits per heavy atom. The molecule has 4 nitrogen and oxygen atoms in total. The van der Waals surface area contributed by atoms with Crippen molar-refractivity contribution in [1.82, 2.24) is 9.97 Å². The van der Waals surface area contributed by atoms with Crippen LogP contribution >= 0.6 is 11.6 Å². The molecule has 1 heterocycles. The van der Waals surface area contributed by atoms with Crippen LogP contribution in [0, 0.1) is 0 Å². The van der Waals surface area contributed by atoms with Gasteiger partial charge in [0.15, 0.2) is 11.6 Å². The van der Waals surface area contributed by atoms with E-state index in [1.165, 1.54) is 6.92 Å². The molecule has 15 heavy (non-hydrogen) atoms. The highest BCUT2D eigenvalue weighted by atomic mass is 35.5. The van der Waals surface area contributed by atoms with Crippen molar-refractivity contribution in [3.63, 3.8) is 0 Å². The van der Waals surface area contributed by atoms with Crippen molar-refractivity contribution in [2.45, 2.75) is 6.92 Å². The number of carbonyl (C=O) groups is 1. The molecule has 0 fully saturated rings. The summed E-state index contributed by atoms with van der Waals surface area (Å²) in [6, 6.07) is 4.90. The summed E-state index contributed by atoms with van der Waals surface area (Å²) in [5.74, 6) is -0.269. The number of halogens is 1. The third kappa shape index (κ3) is 1.64. The summed E-state index contributed by atoms with van der Waals surface area (Å²) in [5, 5.41) is 0.744. The highest BCUT2D eigenvalue weighted by molar-refractivity contribution is 6.35. The minimum absolute atomic E-state index is 0.0283. The Balaban J connectivity index is 2.92. The second-order valence-electron chi connectivity index (χ2n) is 3.11. The first-order chi connectivity index (χ1) is 7.09. The monoisotopic (exact) mass is 222 g/mol. The van der Waals surface area contributed by atoms with Crippen molar-refractivity contribution in [2.75, 3.05) is 0 Å². The number of Topliss-reactive ketones (excluding diaryl/α,β-unsaturated/α-hetero) is 1. The lowest BCUT2D eigenvalue weighted by atomic mass is 10.2. The van der Waals surface area contributed by atoms with Gasteiger partial charge in [-0.05, 0) is 12.1 Å². The van der Waals surface area contributed by atoms with Crippen LogP contribution in [0.2, 0.25) is 5.02 Å². The van der Waals surface area contributed by atoms with Crippen LogP contribution in [0.5, 0.6) is 0 Å². The third-order valence-electron chi connectivity index (χ3n) is 2.02. The summed E-state index contributed by atoms with van der Waals surface area (Å²) in [6.45, 7) is 1.33. The number of carbonyl (C=O) groups excluding carboxylic acids is 1. The molecule has 0 saturated heterocycles. The molecule has 2 rings (SSSR count). The molecule has 5 heteroatoms. The summed E-state index contributed by atoms with van der Waals surface area (Å²) >= 11 is 5.88. The van der Waals surface area contributed by atoms with Gasteiger partial charge in [-0.15, -0.1) is 0 Å². The maximum atomic E-state index is 11.5. The van der Waals surface area contributed by atoms with Gasteiger partial charge >= 0.3 is 0 Å². The van der Waals surface area contributed by atoms with E-state index < -0.39 is 0 Å². The Hall–Kier alpha value is -1.68. The summed E-state index contributed by atoms with van der Waals surface area (Å²) < 4.78 is 0. The molecule has 0 unspecified atom stereocenters.